The second-order valence-corrected chi connectivity index (χ2v) is 5.12. The molecule has 0 spiro atoms. The lowest BCUT2D eigenvalue weighted by Gasteiger charge is -2.19. The predicted molar refractivity (Wildman–Crippen MR) is 68.6 cm³/mol. The van der Waals surface area contributed by atoms with E-state index >= 15 is 0 Å². The first kappa shape index (κ1) is 13.3. The summed E-state index contributed by atoms with van der Waals surface area (Å²) in [7, 11) is 0. The van der Waals surface area contributed by atoms with Crippen molar-refractivity contribution < 1.29 is 14.3 Å². The Labute approximate surface area is 110 Å². The molecule has 1 aromatic carbocycles. The Morgan fingerprint density at radius 2 is 2.21 bits per heavy atom. The van der Waals surface area contributed by atoms with Crippen LogP contribution < -0.4 is 0 Å². The van der Waals surface area contributed by atoms with Crippen LogP contribution in [-0.4, -0.2) is 20.6 Å². The van der Waals surface area contributed by atoms with E-state index in [1.807, 2.05) is 0 Å². The van der Waals surface area contributed by atoms with E-state index in [0.717, 1.165) is 0 Å². The molecular weight excluding hydrogens is 247 g/mol. The highest BCUT2D eigenvalue weighted by molar-refractivity contribution is 5.74. The lowest BCUT2D eigenvalue weighted by Crippen LogP contribution is -2.26. The third kappa shape index (κ3) is 2.81. The van der Waals surface area contributed by atoms with Gasteiger partial charge in [-0.3, -0.25) is 4.79 Å². The summed E-state index contributed by atoms with van der Waals surface area (Å²) in [6.45, 7) is 3.24. The highest BCUT2D eigenvalue weighted by Crippen LogP contribution is 2.24. The van der Waals surface area contributed by atoms with Crippen LogP contribution in [0.2, 0.25) is 0 Å². The van der Waals surface area contributed by atoms with Gasteiger partial charge in [-0.15, -0.1) is 0 Å². The summed E-state index contributed by atoms with van der Waals surface area (Å²) in [5, 5.41) is 9.07. The Morgan fingerprint density at radius 3 is 2.74 bits per heavy atom. The fraction of sp³-hybridized carbons (Fsp3) is 0.286. The van der Waals surface area contributed by atoms with Crippen LogP contribution in [0.1, 0.15) is 19.4 Å². The zero-order valence-corrected chi connectivity index (χ0v) is 10.8. The largest absolute Gasteiger partial charge is 0.481 e. The molecule has 5 heteroatoms. The van der Waals surface area contributed by atoms with Gasteiger partial charge < -0.3 is 9.67 Å². The minimum absolute atomic E-state index is 0.281. The molecule has 2 rings (SSSR count). The van der Waals surface area contributed by atoms with Crippen molar-refractivity contribution >= 4 is 5.97 Å². The summed E-state index contributed by atoms with van der Waals surface area (Å²) in [5.41, 5.74) is 0.145. The van der Waals surface area contributed by atoms with Crippen LogP contribution in [0, 0.1) is 11.2 Å². The summed E-state index contributed by atoms with van der Waals surface area (Å²) < 4.78 is 15.6. The van der Waals surface area contributed by atoms with Crippen LogP contribution in [0.15, 0.2) is 36.9 Å². The molecule has 1 aromatic heterocycles. The van der Waals surface area contributed by atoms with Crippen molar-refractivity contribution in [3.05, 3.63) is 48.3 Å². The number of aliphatic carboxylic acids is 1. The van der Waals surface area contributed by atoms with E-state index < -0.39 is 17.2 Å². The number of halogens is 1. The fourth-order valence-corrected chi connectivity index (χ4v) is 1.86. The molecule has 0 bridgehead atoms. The number of carbonyl (C=O) groups is 1. The lowest BCUT2D eigenvalue weighted by atomic mass is 9.86. The van der Waals surface area contributed by atoms with Gasteiger partial charge in [0.25, 0.3) is 0 Å². The van der Waals surface area contributed by atoms with Gasteiger partial charge in [-0.1, -0.05) is 6.07 Å². The Hall–Kier alpha value is -2.17. The van der Waals surface area contributed by atoms with Crippen molar-refractivity contribution in [2.45, 2.75) is 20.3 Å². The molecule has 0 saturated carbocycles. The maximum Gasteiger partial charge on any atom is 0.309 e. The molecular formula is C14H15FN2O2. The Bertz CT molecular complexity index is 591. The molecule has 4 nitrogen and oxygen atoms in total. The number of imidazole rings is 1. The predicted octanol–water partition coefficient (Wildman–Crippen LogP) is 2.66. The first-order valence-electron chi connectivity index (χ1n) is 5.90. The van der Waals surface area contributed by atoms with E-state index in [1.165, 1.54) is 12.4 Å². The van der Waals surface area contributed by atoms with Crippen molar-refractivity contribution in [2.24, 2.45) is 5.41 Å². The van der Waals surface area contributed by atoms with E-state index in [2.05, 4.69) is 4.98 Å². The van der Waals surface area contributed by atoms with Gasteiger partial charge >= 0.3 is 5.97 Å². The van der Waals surface area contributed by atoms with E-state index in [4.69, 9.17) is 5.11 Å². The molecule has 0 aliphatic carbocycles. The molecule has 0 aliphatic rings. The first-order valence-corrected chi connectivity index (χ1v) is 5.90. The number of hydrogen-bond donors (Lipinski definition) is 1. The minimum atomic E-state index is -0.914. The molecule has 0 radical (unpaired) electrons. The third-order valence-electron chi connectivity index (χ3n) is 3.02. The van der Waals surface area contributed by atoms with Gasteiger partial charge in [0.15, 0.2) is 0 Å². The molecule has 0 amide bonds. The monoisotopic (exact) mass is 262 g/mol. The van der Waals surface area contributed by atoms with Gasteiger partial charge in [0.2, 0.25) is 0 Å². The van der Waals surface area contributed by atoms with E-state index in [9.17, 15) is 9.18 Å². The van der Waals surface area contributed by atoms with E-state index in [-0.39, 0.29) is 6.42 Å². The van der Waals surface area contributed by atoms with Gasteiger partial charge in [-0.05, 0) is 38.0 Å². The number of benzene rings is 1. The maximum absolute atomic E-state index is 14.0. The smallest absolute Gasteiger partial charge is 0.309 e. The van der Waals surface area contributed by atoms with Gasteiger partial charge in [-0.2, -0.15) is 0 Å². The van der Waals surface area contributed by atoms with Crippen molar-refractivity contribution in [1.29, 1.82) is 0 Å². The zero-order chi connectivity index (χ0) is 14.0. The maximum atomic E-state index is 14.0. The van der Waals surface area contributed by atoms with Crippen LogP contribution in [0.25, 0.3) is 5.69 Å². The normalized spacial score (nSPS) is 11.5. The average Bonchev–Trinajstić information content (AvgIpc) is 2.81. The summed E-state index contributed by atoms with van der Waals surface area (Å²) >= 11 is 0. The topological polar surface area (TPSA) is 55.1 Å². The highest BCUT2D eigenvalue weighted by Gasteiger charge is 2.27. The van der Waals surface area contributed by atoms with Crippen molar-refractivity contribution in [3.63, 3.8) is 0 Å². The summed E-state index contributed by atoms with van der Waals surface area (Å²) in [4.78, 5) is 14.9. The van der Waals surface area contributed by atoms with Gasteiger partial charge in [-0.25, -0.2) is 9.37 Å². The molecule has 0 unspecified atom stereocenters. The third-order valence-corrected chi connectivity index (χ3v) is 3.02. The second kappa shape index (κ2) is 4.84. The fourth-order valence-electron chi connectivity index (χ4n) is 1.86. The Kier molecular flexibility index (Phi) is 3.38. The van der Waals surface area contributed by atoms with Crippen LogP contribution in [-0.2, 0) is 11.2 Å². The van der Waals surface area contributed by atoms with E-state index in [1.54, 1.807) is 42.9 Å². The first-order chi connectivity index (χ1) is 8.90. The van der Waals surface area contributed by atoms with Crippen LogP contribution in [0.5, 0.6) is 0 Å². The number of nitrogens with zero attached hydrogens (tertiary/aromatic N) is 2. The number of hydrogen-bond acceptors (Lipinski definition) is 2. The number of carboxylic acids is 1. The Morgan fingerprint density at radius 1 is 1.47 bits per heavy atom. The van der Waals surface area contributed by atoms with Gasteiger partial charge in [0, 0.05) is 12.4 Å². The molecule has 0 fully saturated rings. The van der Waals surface area contributed by atoms with Crippen molar-refractivity contribution in [3.8, 4) is 5.69 Å². The molecule has 19 heavy (non-hydrogen) atoms. The van der Waals surface area contributed by atoms with Gasteiger partial charge in [0.1, 0.15) is 5.82 Å². The van der Waals surface area contributed by atoms with Crippen LogP contribution in [0.4, 0.5) is 4.39 Å². The minimum Gasteiger partial charge on any atom is -0.481 e. The molecule has 0 aliphatic heterocycles. The highest BCUT2D eigenvalue weighted by atomic mass is 19.1. The Balaban J connectivity index is 2.27. The SMILES string of the molecule is CC(C)(Cc1ccc(-n2ccnc2)c(F)c1)C(=O)O. The van der Waals surface area contributed by atoms with Gasteiger partial charge in [0.05, 0.1) is 17.4 Å². The standard InChI is InChI=1S/C14H15FN2O2/c1-14(2,13(18)19)8-10-3-4-12(11(15)7-10)17-6-5-16-9-17/h3-7,9H,8H2,1-2H3,(H,18,19). The second-order valence-electron chi connectivity index (χ2n) is 5.12. The lowest BCUT2D eigenvalue weighted by molar-refractivity contribution is -0.146. The summed E-state index contributed by atoms with van der Waals surface area (Å²) in [5.74, 6) is -1.29. The molecule has 1 N–H and O–H groups in total. The zero-order valence-electron chi connectivity index (χ0n) is 10.8. The quantitative estimate of drug-likeness (QED) is 0.921. The van der Waals surface area contributed by atoms with Crippen molar-refractivity contribution in [2.75, 3.05) is 0 Å². The number of aromatic nitrogens is 2. The summed E-state index contributed by atoms with van der Waals surface area (Å²) in [6.07, 6.45) is 5.02. The van der Waals surface area contributed by atoms with E-state index in [0.29, 0.717) is 11.3 Å². The molecule has 1 heterocycles. The molecule has 0 atom stereocenters. The molecule has 0 saturated heterocycles. The summed E-state index contributed by atoms with van der Waals surface area (Å²) in [6, 6.07) is 4.74. The number of rotatable bonds is 4. The van der Waals surface area contributed by atoms with Crippen LogP contribution in [0.3, 0.4) is 0 Å². The van der Waals surface area contributed by atoms with Crippen LogP contribution >= 0.6 is 0 Å². The molecule has 2 aromatic rings. The molecule has 100 valence electrons. The number of carboxylic acid groups (broad SMARTS) is 1. The average molecular weight is 262 g/mol. The van der Waals surface area contributed by atoms with Crippen molar-refractivity contribution in [1.82, 2.24) is 9.55 Å².